The second-order valence-corrected chi connectivity index (χ2v) is 3.65. The fourth-order valence-corrected chi connectivity index (χ4v) is 1.38. The lowest BCUT2D eigenvalue weighted by atomic mass is 10.2. The van der Waals surface area contributed by atoms with Crippen molar-refractivity contribution in [2.45, 2.75) is 12.8 Å². The molecule has 0 saturated heterocycles. The van der Waals surface area contributed by atoms with Crippen molar-refractivity contribution in [2.24, 2.45) is 0 Å². The van der Waals surface area contributed by atoms with E-state index in [1.807, 2.05) is 42.3 Å². The molecule has 0 fully saturated rings. The Morgan fingerprint density at radius 1 is 1.33 bits per heavy atom. The maximum Gasteiger partial charge on any atom is 0.303 e. The molecule has 0 aliphatic heterocycles. The average molecular weight is 223 g/mol. The summed E-state index contributed by atoms with van der Waals surface area (Å²) in [5, 5.41) is 8.54. The molecule has 1 aromatic rings. The number of anilines is 1. The maximum atomic E-state index is 10.4. The summed E-state index contributed by atoms with van der Waals surface area (Å²) in [6.07, 6.45) is 0.478. The van der Waals surface area contributed by atoms with Gasteiger partial charge in [0.15, 0.2) is 0 Å². The molecular weight excluding hydrogens is 210 g/mol. The molecule has 0 heterocycles. The monoisotopic (exact) mass is 223 g/mol. The van der Waals surface area contributed by atoms with Crippen LogP contribution in [0.4, 0.5) is 5.69 Å². The van der Waals surface area contributed by atoms with E-state index < -0.39 is 5.97 Å². The normalized spacial score (nSPS) is 9.67. The van der Waals surface area contributed by atoms with Crippen LogP contribution in [0, 0.1) is 0 Å². The van der Waals surface area contributed by atoms with Gasteiger partial charge in [-0.25, -0.2) is 0 Å². The molecule has 0 atom stereocenters. The number of benzene rings is 1. The number of thiocarbonyl (C=S) groups is 1. The molecule has 0 aromatic heterocycles. The van der Waals surface area contributed by atoms with Gasteiger partial charge >= 0.3 is 5.97 Å². The van der Waals surface area contributed by atoms with Gasteiger partial charge in [0, 0.05) is 19.2 Å². The minimum absolute atomic E-state index is 0.0794. The van der Waals surface area contributed by atoms with Crippen molar-refractivity contribution in [3.05, 3.63) is 30.3 Å². The molecule has 0 amide bonds. The summed E-state index contributed by atoms with van der Waals surface area (Å²) < 4.78 is 0. The average Bonchev–Trinajstić information content (AvgIpc) is 2.26. The van der Waals surface area contributed by atoms with Gasteiger partial charge < -0.3 is 10.0 Å². The fourth-order valence-electron chi connectivity index (χ4n) is 1.18. The van der Waals surface area contributed by atoms with Gasteiger partial charge in [0.05, 0.1) is 11.4 Å². The molecule has 0 radical (unpaired) electrons. The summed E-state index contributed by atoms with van der Waals surface area (Å²) in [5.41, 5.74) is 0.980. The van der Waals surface area contributed by atoms with Crippen LogP contribution in [0.15, 0.2) is 30.3 Å². The van der Waals surface area contributed by atoms with Crippen molar-refractivity contribution in [1.82, 2.24) is 0 Å². The molecule has 0 aliphatic carbocycles. The van der Waals surface area contributed by atoms with Crippen LogP contribution >= 0.6 is 12.2 Å². The molecule has 4 heteroatoms. The number of aliphatic carboxylic acids is 1. The number of hydrogen-bond donors (Lipinski definition) is 1. The lowest BCUT2D eigenvalue weighted by Crippen LogP contribution is -2.24. The molecule has 1 aromatic carbocycles. The van der Waals surface area contributed by atoms with Crippen LogP contribution in [0.25, 0.3) is 0 Å². The molecule has 3 nitrogen and oxygen atoms in total. The van der Waals surface area contributed by atoms with Crippen molar-refractivity contribution < 1.29 is 9.90 Å². The van der Waals surface area contributed by atoms with Crippen LogP contribution in [0.5, 0.6) is 0 Å². The SMILES string of the molecule is CN(C(=S)CCC(=O)O)c1ccccc1. The summed E-state index contributed by atoms with van der Waals surface area (Å²) >= 11 is 5.14. The van der Waals surface area contributed by atoms with Gasteiger partial charge in [-0.2, -0.15) is 0 Å². The Bertz CT molecular complexity index is 351. The zero-order valence-corrected chi connectivity index (χ0v) is 9.33. The number of carbonyl (C=O) groups is 1. The quantitative estimate of drug-likeness (QED) is 0.795. The molecule has 15 heavy (non-hydrogen) atoms. The number of nitrogens with zero attached hydrogens (tertiary/aromatic N) is 1. The van der Waals surface area contributed by atoms with Gasteiger partial charge in [0.1, 0.15) is 0 Å². The Hall–Kier alpha value is -1.42. The standard InChI is InChI=1S/C11H13NO2S/c1-12(9-5-3-2-4-6-9)10(15)7-8-11(13)14/h2-6H,7-8H2,1H3,(H,13,14). The van der Waals surface area contributed by atoms with E-state index in [0.29, 0.717) is 11.4 Å². The van der Waals surface area contributed by atoms with Gasteiger partial charge in [-0.3, -0.25) is 4.79 Å². The highest BCUT2D eigenvalue weighted by Crippen LogP contribution is 2.13. The summed E-state index contributed by atoms with van der Waals surface area (Å²) in [6, 6.07) is 9.65. The van der Waals surface area contributed by atoms with Gasteiger partial charge in [-0.15, -0.1) is 0 Å². The van der Waals surface area contributed by atoms with Crippen LogP contribution in [0.1, 0.15) is 12.8 Å². The number of hydrogen-bond acceptors (Lipinski definition) is 2. The minimum atomic E-state index is -0.821. The minimum Gasteiger partial charge on any atom is -0.481 e. The molecule has 0 unspecified atom stereocenters. The largest absolute Gasteiger partial charge is 0.481 e. The molecule has 80 valence electrons. The van der Waals surface area contributed by atoms with Crippen molar-refractivity contribution in [2.75, 3.05) is 11.9 Å². The second-order valence-electron chi connectivity index (χ2n) is 3.18. The van der Waals surface area contributed by atoms with E-state index in [9.17, 15) is 4.79 Å². The van der Waals surface area contributed by atoms with Gasteiger partial charge in [0.2, 0.25) is 0 Å². The second kappa shape index (κ2) is 5.46. The van der Waals surface area contributed by atoms with Gasteiger partial charge in [-0.05, 0) is 12.1 Å². The fraction of sp³-hybridized carbons (Fsp3) is 0.273. The first-order chi connectivity index (χ1) is 7.11. The van der Waals surface area contributed by atoms with E-state index in [4.69, 9.17) is 17.3 Å². The first kappa shape index (κ1) is 11.7. The Labute approximate surface area is 94.3 Å². The number of para-hydroxylation sites is 1. The van der Waals surface area contributed by atoms with Crippen LogP contribution in [0.3, 0.4) is 0 Å². The molecule has 0 spiro atoms. The smallest absolute Gasteiger partial charge is 0.303 e. The zero-order chi connectivity index (χ0) is 11.3. The van der Waals surface area contributed by atoms with Crippen molar-refractivity contribution in [1.29, 1.82) is 0 Å². The number of carboxylic acid groups (broad SMARTS) is 1. The lowest BCUT2D eigenvalue weighted by Gasteiger charge is -2.19. The Kier molecular flexibility index (Phi) is 4.24. The highest BCUT2D eigenvalue weighted by atomic mass is 32.1. The van der Waals surface area contributed by atoms with Crippen LogP contribution in [-0.2, 0) is 4.79 Å². The van der Waals surface area contributed by atoms with E-state index in [1.54, 1.807) is 0 Å². The summed E-state index contributed by atoms with van der Waals surface area (Å²) in [7, 11) is 1.85. The topological polar surface area (TPSA) is 40.5 Å². The lowest BCUT2D eigenvalue weighted by molar-refractivity contribution is -0.136. The molecule has 1 rings (SSSR count). The highest BCUT2D eigenvalue weighted by molar-refractivity contribution is 7.80. The summed E-state index contributed by atoms with van der Waals surface area (Å²) in [6.45, 7) is 0. The number of rotatable bonds is 4. The van der Waals surface area contributed by atoms with E-state index in [-0.39, 0.29) is 6.42 Å². The molecular formula is C11H13NO2S. The molecule has 0 bridgehead atoms. The van der Waals surface area contributed by atoms with Crippen molar-refractivity contribution in [3.8, 4) is 0 Å². The van der Waals surface area contributed by atoms with E-state index in [0.717, 1.165) is 5.69 Å². The maximum absolute atomic E-state index is 10.4. The zero-order valence-electron chi connectivity index (χ0n) is 8.51. The van der Waals surface area contributed by atoms with Crippen LogP contribution < -0.4 is 4.90 Å². The molecule has 0 aliphatic rings. The Morgan fingerprint density at radius 2 is 1.93 bits per heavy atom. The Morgan fingerprint density at radius 3 is 2.47 bits per heavy atom. The Balaban J connectivity index is 2.57. The van der Waals surface area contributed by atoms with E-state index >= 15 is 0 Å². The predicted molar refractivity (Wildman–Crippen MR) is 64.3 cm³/mol. The highest BCUT2D eigenvalue weighted by Gasteiger charge is 2.07. The third-order valence-electron chi connectivity index (χ3n) is 2.07. The predicted octanol–water partition coefficient (Wildman–Crippen LogP) is 2.32. The van der Waals surface area contributed by atoms with Gasteiger partial charge in [-0.1, -0.05) is 30.4 Å². The number of carboxylic acids is 1. The van der Waals surface area contributed by atoms with Gasteiger partial charge in [0.25, 0.3) is 0 Å². The molecule has 1 N–H and O–H groups in total. The van der Waals surface area contributed by atoms with Crippen LogP contribution in [0.2, 0.25) is 0 Å². The summed E-state index contributed by atoms with van der Waals surface area (Å²) in [5.74, 6) is -0.821. The third-order valence-corrected chi connectivity index (χ3v) is 2.55. The van der Waals surface area contributed by atoms with Crippen LogP contribution in [-0.4, -0.2) is 23.1 Å². The summed E-state index contributed by atoms with van der Waals surface area (Å²) in [4.78, 5) is 12.9. The third kappa shape index (κ3) is 3.67. The van der Waals surface area contributed by atoms with E-state index in [1.165, 1.54) is 0 Å². The van der Waals surface area contributed by atoms with Crippen molar-refractivity contribution in [3.63, 3.8) is 0 Å². The molecule has 0 saturated carbocycles. The van der Waals surface area contributed by atoms with E-state index in [2.05, 4.69) is 0 Å². The first-order valence-corrected chi connectivity index (χ1v) is 5.05. The first-order valence-electron chi connectivity index (χ1n) is 4.64. The van der Waals surface area contributed by atoms with Crippen molar-refractivity contribution >= 4 is 28.9 Å².